The first-order chi connectivity index (χ1) is 7.86. The Hall–Kier alpha value is -0.635. The Morgan fingerprint density at radius 1 is 1.12 bits per heavy atom. The molecular formula is C12H12BClF3-. The van der Waals surface area contributed by atoms with E-state index in [1.54, 1.807) is 6.07 Å². The topological polar surface area (TPSA) is 0 Å². The first kappa shape index (κ1) is 11.5. The molecule has 3 fully saturated rings. The maximum Gasteiger partial charge on any atom is 0.484 e. The van der Waals surface area contributed by atoms with Gasteiger partial charge in [0.15, 0.2) is 0 Å². The number of hydrogen-bond donors (Lipinski definition) is 0. The summed E-state index contributed by atoms with van der Waals surface area (Å²) in [4.78, 5) is 0. The van der Waals surface area contributed by atoms with E-state index in [1.807, 2.05) is 18.2 Å². The van der Waals surface area contributed by atoms with Gasteiger partial charge in [0.1, 0.15) is 0 Å². The maximum atomic E-state index is 12.7. The highest BCUT2D eigenvalue weighted by atomic mass is 35.5. The molecule has 4 rings (SSSR count). The molecule has 1 aromatic rings. The zero-order valence-corrected chi connectivity index (χ0v) is 9.98. The quantitative estimate of drug-likeness (QED) is 0.693. The zero-order chi connectivity index (χ0) is 12.3. The third kappa shape index (κ3) is 1.53. The van der Waals surface area contributed by atoms with Gasteiger partial charge >= 0.3 is 6.98 Å². The molecule has 0 nitrogen and oxygen atoms in total. The van der Waals surface area contributed by atoms with Crippen LogP contribution in [0.15, 0.2) is 24.3 Å². The van der Waals surface area contributed by atoms with Gasteiger partial charge in [-0.15, -0.1) is 0 Å². The van der Waals surface area contributed by atoms with Crippen LogP contribution in [0.5, 0.6) is 0 Å². The summed E-state index contributed by atoms with van der Waals surface area (Å²) in [6.45, 7) is -4.66. The van der Waals surface area contributed by atoms with Crippen molar-refractivity contribution in [1.29, 1.82) is 0 Å². The van der Waals surface area contributed by atoms with Crippen molar-refractivity contribution in [3.8, 4) is 0 Å². The molecule has 0 spiro atoms. The molecule has 0 heterocycles. The minimum atomic E-state index is -4.66. The minimum Gasteiger partial charge on any atom is -0.449 e. The van der Waals surface area contributed by atoms with Gasteiger partial charge in [0.05, 0.1) is 0 Å². The molecule has 1 aromatic carbocycles. The molecule has 92 valence electrons. The van der Waals surface area contributed by atoms with Gasteiger partial charge in [-0.1, -0.05) is 54.4 Å². The van der Waals surface area contributed by atoms with Gasteiger partial charge < -0.3 is 12.9 Å². The molecule has 5 heteroatoms. The van der Waals surface area contributed by atoms with Crippen LogP contribution in [0.4, 0.5) is 12.9 Å². The van der Waals surface area contributed by atoms with Gasteiger partial charge in [-0.05, 0) is 23.5 Å². The van der Waals surface area contributed by atoms with E-state index >= 15 is 0 Å². The van der Waals surface area contributed by atoms with E-state index in [1.165, 1.54) is 0 Å². The molecule has 0 N–H and O–H groups in total. The van der Waals surface area contributed by atoms with Crippen molar-refractivity contribution in [3.05, 3.63) is 34.9 Å². The standard InChI is InChI=1S/C12H12BClF3/c14-10-4-2-1-3-9(10)5-11-6-12(7-11,8-11)13(15,16)17/h1-4H,5-8H2/q-1. The first-order valence-corrected chi connectivity index (χ1v) is 6.17. The van der Waals surface area contributed by atoms with Gasteiger partial charge in [-0.2, -0.15) is 0 Å². The fraction of sp³-hybridized carbons (Fsp3) is 0.500. The van der Waals surface area contributed by atoms with Crippen LogP contribution in [-0.2, 0) is 6.42 Å². The van der Waals surface area contributed by atoms with Crippen LogP contribution in [0.1, 0.15) is 24.8 Å². The molecule has 0 radical (unpaired) electrons. The Morgan fingerprint density at radius 3 is 2.24 bits per heavy atom. The van der Waals surface area contributed by atoms with E-state index in [2.05, 4.69) is 0 Å². The number of benzene rings is 1. The monoisotopic (exact) mass is 259 g/mol. The highest BCUT2D eigenvalue weighted by Crippen LogP contribution is 2.83. The van der Waals surface area contributed by atoms with Crippen LogP contribution in [0.3, 0.4) is 0 Å². The predicted molar refractivity (Wildman–Crippen MR) is 63.2 cm³/mol. The molecule has 3 aliphatic rings. The van der Waals surface area contributed by atoms with Crippen LogP contribution < -0.4 is 0 Å². The Balaban J connectivity index is 1.71. The van der Waals surface area contributed by atoms with E-state index in [0.29, 0.717) is 30.7 Å². The van der Waals surface area contributed by atoms with Gasteiger partial charge in [0.2, 0.25) is 0 Å². The number of rotatable bonds is 3. The van der Waals surface area contributed by atoms with Gasteiger partial charge in [0.25, 0.3) is 0 Å². The average Bonchev–Trinajstić information content (AvgIpc) is 2.09. The lowest BCUT2D eigenvalue weighted by molar-refractivity contribution is -0.111. The van der Waals surface area contributed by atoms with Gasteiger partial charge in [-0.25, -0.2) is 0 Å². The smallest absolute Gasteiger partial charge is 0.449 e. The van der Waals surface area contributed by atoms with Gasteiger partial charge in [0, 0.05) is 5.02 Å². The van der Waals surface area contributed by atoms with E-state index in [0.717, 1.165) is 5.56 Å². The molecule has 0 aromatic heterocycles. The minimum absolute atomic E-state index is 0.109. The van der Waals surface area contributed by atoms with E-state index < -0.39 is 12.3 Å². The lowest BCUT2D eigenvalue weighted by atomic mass is 9.23. The first-order valence-electron chi connectivity index (χ1n) is 5.79. The lowest BCUT2D eigenvalue weighted by Gasteiger charge is -2.75. The summed E-state index contributed by atoms with van der Waals surface area (Å²) in [6.07, 6.45) is 1.64. The fourth-order valence-corrected chi connectivity index (χ4v) is 3.87. The summed E-state index contributed by atoms with van der Waals surface area (Å²) in [5, 5.41) is -0.620. The van der Waals surface area contributed by atoms with Gasteiger partial charge in [-0.3, -0.25) is 0 Å². The second kappa shape index (κ2) is 3.22. The Bertz CT molecular complexity index is 449. The van der Waals surface area contributed by atoms with Crippen LogP contribution in [0.2, 0.25) is 10.3 Å². The summed E-state index contributed by atoms with van der Waals surface area (Å²) < 4.78 is 38.2. The summed E-state index contributed by atoms with van der Waals surface area (Å²) in [6, 6.07) is 7.43. The predicted octanol–water partition coefficient (Wildman–Crippen LogP) is 4.65. The normalized spacial score (nSPS) is 35.1. The second-order valence-corrected chi connectivity index (χ2v) is 6.14. The van der Waals surface area contributed by atoms with Crippen LogP contribution in [0, 0.1) is 5.41 Å². The Morgan fingerprint density at radius 2 is 1.71 bits per heavy atom. The van der Waals surface area contributed by atoms with Crippen molar-refractivity contribution < 1.29 is 12.9 Å². The SMILES string of the molecule is F[B-](F)(F)C12CC(Cc3ccccc3Cl)(C1)C2. The molecule has 17 heavy (non-hydrogen) atoms. The molecule has 0 saturated heterocycles. The number of hydrogen-bond acceptors (Lipinski definition) is 0. The van der Waals surface area contributed by atoms with Crippen molar-refractivity contribution >= 4 is 18.6 Å². The molecule has 3 aliphatic carbocycles. The van der Waals surface area contributed by atoms with E-state index in [4.69, 9.17) is 11.6 Å². The largest absolute Gasteiger partial charge is 0.484 e. The second-order valence-electron chi connectivity index (χ2n) is 5.74. The summed E-state index contributed by atoms with van der Waals surface area (Å²) in [5.41, 5.74) is 0.875. The number of halogens is 4. The summed E-state index contributed by atoms with van der Waals surface area (Å²) in [7, 11) is 0. The lowest BCUT2D eigenvalue weighted by Crippen LogP contribution is -2.65. The Labute approximate surface area is 103 Å². The summed E-state index contributed by atoms with van der Waals surface area (Å²) >= 11 is 6.03. The molecule has 0 unspecified atom stereocenters. The van der Waals surface area contributed by atoms with Crippen molar-refractivity contribution in [3.63, 3.8) is 0 Å². The summed E-state index contributed by atoms with van der Waals surface area (Å²) in [5.74, 6) is 0. The molecular weight excluding hydrogens is 247 g/mol. The third-order valence-corrected chi connectivity index (χ3v) is 4.77. The van der Waals surface area contributed by atoms with Crippen molar-refractivity contribution in [2.75, 3.05) is 0 Å². The van der Waals surface area contributed by atoms with E-state index in [9.17, 15) is 12.9 Å². The average molecular weight is 259 g/mol. The third-order valence-electron chi connectivity index (χ3n) is 4.40. The maximum absolute atomic E-state index is 12.7. The van der Waals surface area contributed by atoms with Crippen LogP contribution >= 0.6 is 11.6 Å². The molecule has 0 aliphatic heterocycles. The Kier molecular flexibility index (Phi) is 2.17. The van der Waals surface area contributed by atoms with E-state index in [-0.39, 0.29) is 5.41 Å². The zero-order valence-electron chi connectivity index (χ0n) is 9.23. The molecule has 2 bridgehead atoms. The van der Waals surface area contributed by atoms with Crippen LogP contribution in [-0.4, -0.2) is 6.98 Å². The highest BCUT2D eigenvalue weighted by Gasteiger charge is 2.73. The van der Waals surface area contributed by atoms with Crippen molar-refractivity contribution in [1.82, 2.24) is 0 Å². The fourth-order valence-electron chi connectivity index (χ4n) is 3.67. The molecule has 3 saturated carbocycles. The van der Waals surface area contributed by atoms with Crippen LogP contribution in [0.25, 0.3) is 0 Å². The molecule has 0 amide bonds. The van der Waals surface area contributed by atoms with Crippen molar-refractivity contribution in [2.24, 2.45) is 5.41 Å². The highest BCUT2D eigenvalue weighted by molar-refractivity contribution is 6.63. The molecule has 0 atom stereocenters. The van der Waals surface area contributed by atoms with Crippen molar-refractivity contribution in [2.45, 2.75) is 31.0 Å².